The molecule has 6 rings (SSSR count). The van der Waals surface area contributed by atoms with Crippen molar-refractivity contribution in [1.82, 2.24) is 0 Å². The molecule has 0 aliphatic heterocycles. The second-order valence-corrected chi connectivity index (χ2v) is 11.7. The molecule has 1 aliphatic carbocycles. The fourth-order valence-electron chi connectivity index (χ4n) is 5.48. The van der Waals surface area contributed by atoms with Crippen LogP contribution in [0.15, 0.2) is 127 Å². The molecule has 5 aromatic rings. The van der Waals surface area contributed by atoms with Gasteiger partial charge in [-0.2, -0.15) is 0 Å². The Morgan fingerprint density at radius 3 is 1.69 bits per heavy atom. The van der Waals surface area contributed by atoms with Crippen LogP contribution < -0.4 is 10.6 Å². The summed E-state index contributed by atoms with van der Waals surface area (Å²) in [6.07, 6.45) is 2.41. The SMILES string of the molecule is Cc1ccccc1P(c1ccccc1C)[C@@H]1c2ccccc2C=C(c2ccccc2)c2ccccc21. The molecule has 36 heavy (non-hydrogen) atoms. The maximum Gasteiger partial charge on any atom is 0.0384 e. The van der Waals surface area contributed by atoms with Crippen LogP contribution in [-0.4, -0.2) is 0 Å². The van der Waals surface area contributed by atoms with Crippen molar-refractivity contribution < 1.29 is 0 Å². The third-order valence-corrected chi connectivity index (χ3v) is 10.3. The van der Waals surface area contributed by atoms with Crippen molar-refractivity contribution >= 4 is 30.2 Å². The molecule has 5 aromatic carbocycles. The molecule has 1 heteroatoms. The number of hydrogen-bond acceptors (Lipinski definition) is 0. The first kappa shape index (κ1) is 22.7. The third kappa shape index (κ3) is 4.02. The molecule has 1 aliphatic rings. The Bertz CT molecular complexity index is 1520. The number of benzene rings is 5. The fourth-order valence-corrected chi connectivity index (χ4v) is 8.72. The van der Waals surface area contributed by atoms with E-state index < -0.39 is 7.92 Å². The quantitative estimate of drug-likeness (QED) is 0.227. The van der Waals surface area contributed by atoms with Gasteiger partial charge in [0.25, 0.3) is 0 Å². The lowest BCUT2D eigenvalue weighted by atomic mass is 9.93. The van der Waals surface area contributed by atoms with Crippen LogP contribution in [0.5, 0.6) is 0 Å². The summed E-state index contributed by atoms with van der Waals surface area (Å²) in [5, 5.41) is 2.92. The smallest absolute Gasteiger partial charge is 0.0384 e. The highest BCUT2D eigenvalue weighted by molar-refractivity contribution is 7.73. The van der Waals surface area contributed by atoms with Gasteiger partial charge in [-0.1, -0.05) is 127 Å². The van der Waals surface area contributed by atoms with E-state index >= 15 is 0 Å². The molecule has 0 nitrogen and oxygen atoms in total. The molecule has 0 amide bonds. The number of aryl methyl sites for hydroxylation is 2. The highest BCUT2D eigenvalue weighted by Gasteiger charge is 2.34. The van der Waals surface area contributed by atoms with Crippen LogP contribution in [0.2, 0.25) is 0 Å². The molecule has 174 valence electrons. The Morgan fingerprint density at radius 2 is 1.03 bits per heavy atom. The van der Waals surface area contributed by atoms with Gasteiger partial charge in [0.2, 0.25) is 0 Å². The number of fused-ring (bicyclic) bond motifs is 2. The minimum atomic E-state index is -0.722. The van der Waals surface area contributed by atoms with Gasteiger partial charge in [0.15, 0.2) is 0 Å². The van der Waals surface area contributed by atoms with Crippen molar-refractivity contribution in [2.24, 2.45) is 0 Å². The summed E-state index contributed by atoms with van der Waals surface area (Å²) < 4.78 is 0. The van der Waals surface area contributed by atoms with E-state index in [2.05, 4.69) is 147 Å². The van der Waals surface area contributed by atoms with Crippen LogP contribution in [0.4, 0.5) is 0 Å². The third-order valence-electron chi connectivity index (χ3n) is 7.23. The Morgan fingerprint density at radius 1 is 0.500 bits per heavy atom. The van der Waals surface area contributed by atoms with Crippen molar-refractivity contribution in [2.45, 2.75) is 19.5 Å². The highest BCUT2D eigenvalue weighted by Crippen LogP contribution is 2.57. The predicted octanol–water partition coefficient (Wildman–Crippen LogP) is 8.43. The lowest BCUT2D eigenvalue weighted by Crippen LogP contribution is -2.22. The minimum Gasteiger partial charge on any atom is -0.0622 e. The topological polar surface area (TPSA) is 0 Å². The highest BCUT2D eigenvalue weighted by atomic mass is 31.1. The van der Waals surface area contributed by atoms with Crippen LogP contribution in [0.25, 0.3) is 11.6 Å². The molecular weight excluding hydrogens is 451 g/mol. The van der Waals surface area contributed by atoms with Gasteiger partial charge in [-0.3, -0.25) is 0 Å². The maximum atomic E-state index is 2.41. The summed E-state index contributed by atoms with van der Waals surface area (Å²) in [7, 11) is -0.722. The molecule has 0 aromatic heterocycles. The summed E-state index contributed by atoms with van der Waals surface area (Å²) >= 11 is 0. The van der Waals surface area contributed by atoms with E-state index in [-0.39, 0.29) is 5.66 Å². The first-order valence-corrected chi connectivity index (χ1v) is 14.0. The summed E-state index contributed by atoms with van der Waals surface area (Å²) in [6.45, 7) is 4.54. The van der Waals surface area contributed by atoms with Crippen LogP contribution in [0.3, 0.4) is 0 Å². The second-order valence-electron chi connectivity index (χ2n) is 9.49. The molecule has 0 saturated carbocycles. The summed E-state index contributed by atoms with van der Waals surface area (Å²) in [5.74, 6) is 0. The largest absolute Gasteiger partial charge is 0.0622 e. The van der Waals surface area contributed by atoms with E-state index in [1.54, 1.807) is 0 Å². The van der Waals surface area contributed by atoms with Crippen LogP contribution >= 0.6 is 7.92 Å². The van der Waals surface area contributed by atoms with E-state index in [9.17, 15) is 0 Å². The van der Waals surface area contributed by atoms with Gasteiger partial charge in [0.1, 0.15) is 0 Å². The van der Waals surface area contributed by atoms with Crippen molar-refractivity contribution in [3.8, 4) is 0 Å². The monoisotopic (exact) mass is 480 g/mol. The first-order chi connectivity index (χ1) is 17.7. The Balaban J connectivity index is 1.69. The van der Waals surface area contributed by atoms with Gasteiger partial charge >= 0.3 is 0 Å². The van der Waals surface area contributed by atoms with Gasteiger partial charge in [-0.05, 0) is 83.0 Å². The van der Waals surface area contributed by atoms with E-state index in [1.165, 1.54) is 55.1 Å². The lowest BCUT2D eigenvalue weighted by Gasteiger charge is -2.33. The molecule has 0 saturated heterocycles. The lowest BCUT2D eigenvalue weighted by molar-refractivity contribution is 1.13. The minimum absolute atomic E-state index is 0.243. The maximum absolute atomic E-state index is 2.41. The zero-order chi connectivity index (χ0) is 24.5. The fraction of sp³-hybridized carbons (Fsp3) is 0.0857. The van der Waals surface area contributed by atoms with Crippen LogP contribution in [0, 0.1) is 13.8 Å². The van der Waals surface area contributed by atoms with E-state index in [4.69, 9.17) is 0 Å². The molecule has 0 radical (unpaired) electrons. The van der Waals surface area contributed by atoms with Gasteiger partial charge in [0, 0.05) is 5.66 Å². The zero-order valence-corrected chi connectivity index (χ0v) is 21.6. The summed E-state index contributed by atoms with van der Waals surface area (Å²) in [6, 6.07) is 46.9. The number of hydrogen-bond donors (Lipinski definition) is 0. The van der Waals surface area contributed by atoms with Crippen molar-refractivity contribution in [3.63, 3.8) is 0 Å². The summed E-state index contributed by atoms with van der Waals surface area (Å²) in [4.78, 5) is 0. The van der Waals surface area contributed by atoms with Crippen LogP contribution in [0.1, 0.15) is 44.6 Å². The number of rotatable bonds is 4. The second kappa shape index (κ2) is 9.73. The van der Waals surface area contributed by atoms with E-state index in [0.29, 0.717) is 0 Å². The summed E-state index contributed by atoms with van der Waals surface area (Å²) in [5.41, 5.74) is 11.0. The molecule has 0 unspecified atom stereocenters. The Kier molecular flexibility index (Phi) is 6.14. The Labute approximate surface area is 215 Å². The standard InChI is InChI=1S/C35H29P/c1-25-14-6-12-22-33(25)36(34-23-13-7-15-26(34)2)35-29-19-9-8-18-28(29)24-32(27-16-4-3-5-17-27)30-20-10-11-21-31(30)35/h3-24,35H,1-2H3/t35-/m1/s1. The average molecular weight is 481 g/mol. The van der Waals surface area contributed by atoms with Crippen LogP contribution in [-0.2, 0) is 0 Å². The van der Waals surface area contributed by atoms with Gasteiger partial charge < -0.3 is 0 Å². The zero-order valence-electron chi connectivity index (χ0n) is 20.7. The molecular formula is C35H29P. The van der Waals surface area contributed by atoms with Crippen molar-refractivity contribution in [1.29, 1.82) is 0 Å². The van der Waals surface area contributed by atoms with E-state index in [1.807, 2.05) is 0 Å². The van der Waals surface area contributed by atoms with Crippen molar-refractivity contribution in [3.05, 3.63) is 166 Å². The first-order valence-electron chi connectivity index (χ1n) is 12.6. The molecule has 0 fully saturated rings. The van der Waals surface area contributed by atoms with E-state index in [0.717, 1.165) is 0 Å². The van der Waals surface area contributed by atoms with Gasteiger partial charge in [-0.15, -0.1) is 0 Å². The Hall–Kier alpha value is -3.73. The molecule has 0 bridgehead atoms. The van der Waals surface area contributed by atoms with Crippen molar-refractivity contribution in [2.75, 3.05) is 0 Å². The molecule has 0 N–H and O–H groups in total. The molecule has 0 spiro atoms. The van der Waals surface area contributed by atoms with Gasteiger partial charge in [0.05, 0.1) is 0 Å². The average Bonchev–Trinajstić information content (AvgIpc) is 3.07. The van der Waals surface area contributed by atoms with Gasteiger partial charge in [-0.25, -0.2) is 0 Å². The molecule has 0 heterocycles. The normalized spacial score (nSPS) is 14.5. The predicted molar refractivity (Wildman–Crippen MR) is 157 cm³/mol. The molecule has 1 atom stereocenters.